The predicted octanol–water partition coefficient (Wildman–Crippen LogP) is 1.74. The Labute approximate surface area is 88.2 Å². The number of ether oxygens (including phenoxy) is 1. The van der Waals surface area contributed by atoms with Gasteiger partial charge in [0.25, 0.3) is 0 Å². The minimum atomic E-state index is -0.227. The Balaban J connectivity index is 1.99. The van der Waals surface area contributed by atoms with Gasteiger partial charge in [-0.1, -0.05) is 36.9 Å². The molecule has 0 heterocycles. The van der Waals surface area contributed by atoms with E-state index < -0.39 is 0 Å². The molecule has 0 fully saturated rings. The second-order valence-electron chi connectivity index (χ2n) is 3.09. The van der Waals surface area contributed by atoms with Crippen LogP contribution in [-0.4, -0.2) is 23.0 Å². The van der Waals surface area contributed by atoms with Crippen molar-refractivity contribution in [2.45, 2.75) is 19.6 Å². The van der Waals surface area contributed by atoms with Crippen molar-refractivity contribution >= 4 is 9.76 Å². The van der Waals surface area contributed by atoms with Crippen molar-refractivity contribution in [3.8, 4) is 0 Å². The van der Waals surface area contributed by atoms with Crippen LogP contribution < -0.4 is 0 Å². The van der Waals surface area contributed by atoms with Gasteiger partial charge in [0, 0.05) is 13.2 Å². The first-order valence-electron chi connectivity index (χ1n) is 5.13. The monoisotopic (exact) mass is 210 g/mol. The molecule has 0 aliphatic heterocycles. The van der Waals surface area contributed by atoms with E-state index in [-0.39, 0.29) is 9.76 Å². The van der Waals surface area contributed by atoms with Crippen LogP contribution in [0.25, 0.3) is 0 Å². The number of hydrogen-bond donors (Lipinski definition) is 0. The first-order chi connectivity index (χ1) is 6.93. The highest BCUT2D eigenvalue weighted by Gasteiger charge is 1.91. The molecule has 0 atom stereocenters. The Hall–Kier alpha value is -0.643. The van der Waals surface area contributed by atoms with Crippen molar-refractivity contribution in [3.63, 3.8) is 0 Å². The first kappa shape index (κ1) is 11.4. The van der Waals surface area contributed by atoms with Crippen molar-refractivity contribution in [2.75, 3.05) is 13.2 Å². The quantitative estimate of drug-likeness (QED) is 0.504. The maximum absolute atomic E-state index is 5.50. The Morgan fingerprint density at radius 1 is 1.14 bits per heavy atom. The summed E-state index contributed by atoms with van der Waals surface area (Å²) >= 11 is 0. The third-order valence-electron chi connectivity index (χ3n) is 1.89. The van der Waals surface area contributed by atoms with Gasteiger partial charge in [0.2, 0.25) is 0 Å². The number of benzene rings is 1. The van der Waals surface area contributed by atoms with Crippen molar-refractivity contribution in [1.82, 2.24) is 0 Å². The van der Waals surface area contributed by atoms with Crippen molar-refractivity contribution in [2.24, 2.45) is 0 Å². The van der Waals surface area contributed by atoms with Gasteiger partial charge in [-0.05, 0) is 12.0 Å². The van der Waals surface area contributed by atoms with E-state index in [1.165, 1.54) is 5.56 Å². The van der Waals surface area contributed by atoms with Crippen molar-refractivity contribution in [3.05, 3.63) is 35.9 Å². The topological polar surface area (TPSA) is 18.5 Å². The molecule has 0 aromatic heterocycles. The minimum absolute atomic E-state index is 0.227. The summed E-state index contributed by atoms with van der Waals surface area (Å²) in [7, 11) is -0.227. The fraction of sp³-hybridized carbons (Fsp3) is 0.455. The van der Waals surface area contributed by atoms with Crippen molar-refractivity contribution in [1.29, 1.82) is 0 Å². The van der Waals surface area contributed by atoms with Gasteiger partial charge in [0.1, 0.15) is 0 Å². The Kier molecular flexibility index (Phi) is 6.31. The number of rotatable bonds is 7. The second kappa shape index (κ2) is 7.73. The minimum Gasteiger partial charge on any atom is -0.424 e. The maximum Gasteiger partial charge on any atom is 0.158 e. The summed E-state index contributed by atoms with van der Waals surface area (Å²) in [5.74, 6) is 0. The molecular weight excluding hydrogens is 192 g/mol. The first-order valence-corrected chi connectivity index (χ1v) is 7.12. The van der Waals surface area contributed by atoms with E-state index in [0.29, 0.717) is 6.61 Å². The van der Waals surface area contributed by atoms with E-state index in [0.717, 1.165) is 19.6 Å². The van der Waals surface area contributed by atoms with E-state index in [1.54, 1.807) is 0 Å². The largest absolute Gasteiger partial charge is 0.424 e. The Bertz CT molecular complexity index is 226. The molecule has 0 saturated heterocycles. The van der Waals surface area contributed by atoms with Crippen LogP contribution in [0.3, 0.4) is 0 Å². The van der Waals surface area contributed by atoms with E-state index in [2.05, 4.69) is 18.7 Å². The van der Waals surface area contributed by atoms with E-state index in [4.69, 9.17) is 9.16 Å². The summed E-state index contributed by atoms with van der Waals surface area (Å²) in [4.78, 5) is 0. The van der Waals surface area contributed by atoms with Gasteiger partial charge < -0.3 is 9.16 Å². The van der Waals surface area contributed by atoms with Crippen molar-refractivity contribution < 1.29 is 9.16 Å². The molecule has 0 aliphatic carbocycles. The van der Waals surface area contributed by atoms with Crippen LogP contribution in [-0.2, 0) is 15.8 Å². The molecule has 78 valence electrons. The molecule has 2 nitrogen and oxygen atoms in total. The summed E-state index contributed by atoms with van der Waals surface area (Å²) in [6.07, 6.45) is 1.01. The predicted molar refractivity (Wildman–Crippen MR) is 61.1 cm³/mol. The molecule has 14 heavy (non-hydrogen) atoms. The smallest absolute Gasteiger partial charge is 0.158 e. The summed E-state index contributed by atoms with van der Waals surface area (Å²) < 4.78 is 10.8. The summed E-state index contributed by atoms with van der Waals surface area (Å²) in [5, 5.41) is 0. The summed E-state index contributed by atoms with van der Waals surface area (Å²) in [5.41, 5.74) is 1.23. The second-order valence-corrected chi connectivity index (χ2v) is 4.07. The lowest BCUT2D eigenvalue weighted by Gasteiger charge is -2.04. The third-order valence-corrected chi connectivity index (χ3v) is 2.59. The standard InChI is InChI=1S/C11H18O2Si/c1-14-13-9-5-8-12-10-11-6-3-2-4-7-11/h2-4,6-7H,5,8-10,14H2,1H3. The molecule has 0 saturated carbocycles. The van der Waals surface area contributed by atoms with Crippen LogP contribution in [0.1, 0.15) is 12.0 Å². The zero-order valence-corrected chi connectivity index (χ0v) is 10.2. The molecule has 0 aliphatic rings. The fourth-order valence-corrected chi connectivity index (χ4v) is 1.66. The number of hydrogen-bond acceptors (Lipinski definition) is 2. The lowest BCUT2D eigenvalue weighted by molar-refractivity contribution is 0.108. The zero-order valence-electron chi connectivity index (χ0n) is 8.74. The third kappa shape index (κ3) is 5.17. The van der Waals surface area contributed by atoms with Crippen LogP contribution in [0.15, 0.2) is 30.3 Å². The van der Waals surface area contributed by atoms with Crippen LogP contribution in [0.4, 0.5) is 0 Å². The molecule has 0 bridgehead atoms. The van der Waals surface area contributed by atoms with Gasteiger partial charge in [0.05, 0.1) is 6.61 Å². The Morgan fingerprint density at radius 3 is 2.64 bits per heavy atom. The highest BCUT2D eigenvalue weighted by molar-refractivity contribution is 6.24. The molecule has 1 aromatic carbocycles. The zero-order chi connectivity index (χ0) is 10.1. The molecule has 3 heteroatoms. The maximum atomic E-state index is 5.50. The normalized spacial score (nSPS) is 11.2. The van der Waals surface area contributed by atoms with Crippen LogP contribution in [0, 0.1) is 0 Å². The fourth-order valence-electron chi connectivity index (χ4n) is 1.17. The molecule has 0 unspecified atom stereocenters. The average Bonchev–Trinajstić information content (AvgIpc) is 2.25. The van der Waals surface area contributed by atoms with Crippen LogP contribution in [0.5, 0.6) is 0 Å². The summed E-state index contributed by atoms with van der Waals surface area (Å²) in [6, 6.07) is 10.2. The van der Waals surface area contributed by atoms with Gasteiger partial charge in [-0.2, -0.15) is 0 Å². The average molecular weight is 210 g/mol. The SMILES string of the molecule is C[SiH2]OCCCOCc1ccccc1. The highest BCUT2D eigenvalue weighted by Crippen LogP contribution is 2.00. The molecule has 0 radical (unpaired) electrons. The van der Waals surface area contributed by atoms with Gasteiger partial charge in [-0.3, -0.25) is 0 Å². The lowest BCUT2D eigenvalue weighted by atomic mass is 10.2. The van der Waals surface area contributed by atoms with E-state index >= 15 is 0 Å². The van der Waals surface area contributed by atoms with Gasteiger partial charge in [-0.25, -0.2) is 0 Å². The highest BCUT2D eigenvalue weighted by atomic mass is 28.2. The van der Waals surface area contributed by atoms with E-state index in [9.17, 15) is 0 Å². The Morgan fingerprint density at radius 2 is 1.93 bits per heavy atom. The summed E-state index contributed by atoms with van der Waals surface area (Å²) in [6.45, 7) is 4.51. The van der Waals surface area contributed by atoms with E-state index in [1.807, 2.05) is 18.2 Å². The van der Waals surface area contributed by atoms with Crippen LogP contribution >= 0.6 is 0 Å². The molecule has 0 N–H and O–H groups in total. The van der Waals surface area contributed by atoms with Gasteiger partial charge in [-0.15, -0.1) is 0 Å². The molecular formula is C11H18O2Si. The molecule has 1 aromatic rings. The molecule has 0 spiro atoms. The molecule has 0 amide bonds. The van der Waals surface area contributed by atoms with Crippen LogP contribution in [0.2, 0.25) is 6.55 Å². The molecule has 1 rings (SSSR count). The van der Waals surface area contributed by atoms with Gasteiger partial charge in [0.15, 0.2) is 9.76 Å². The lowest BCUT2D eigenvalue weighted by Crippen LogP contribution is -2.02. The van der Waals surface area contributed by atoms with Gasteiger partial charge >= 0.3 is 0 Å².